The van der Waals surface area contributed by atoms with Crippen LogP contribution in [0.5, 0.6) is 0 Å². The Morgan fingerprint density at radius 3 is 2.14 bits per heavy atom. The fourth-order valence-corrected chi connectivity index (χ4v) is 2.17. The standard InChI is InChI=1S/C13H29N/c1-5-13(10-14)8-6-7-12(4)9-11(2)3/h11-13H,5-10,14H2,1-4H3. The zero-order valence-electron chi connectivity index (χ0n) is 10.6. The smallest absolute Gasteiger partial charge is 0.00490 e. The van der Waals surface area contributed by atoms with E-state index in [-0.39, 0.29) is 0 Å². The summed E-state index contributed by atoms with van der Waals surface area (Å²) in [6.07, 6.45) is 6.70. The molecule has 0 bridgehead atoms. The van der Waals surface area contributed by atoms with Gasteiger partial charge in [-0.3, -0.25) is 0 Å². The Kier molecular flexibility index (Phi) is 8.26. The number of hydrogen-bond acceptors (Lipinski definition) is 1. The molecule has 14 heavy (non-hydrogen) atoms. The first kappa shape index (κ1) is 14.0. The summed E-state index contributed by atoms with van der Waals surface area (Å²) in [5, 5.41) is 0. The van der Waals surface area contributed by atoms with Gasteiger partial charge in [0.05, 0.1) is 0 Å². The van der Waals surface area contributed by atoms with Gasteiger partial charge >= 0.3 is 0 Å². The SMILES string of the molecule is CCC(CN)CCCC(C)CC(C)C. The largest absolute Gasteiger partial charge is 0.330 e. The van der Waals surface area contributed by atoms with Gasteiger partial charge in [0.15, 0.2) is 0 Å². The van der Waals surface area contributed by atoms with Crippen LogP contribution in [0.25, 0.3) is 0 Å². The Labute approximate surface area is 90.5 Å². The Morgan fingerprint density at radius 2 is 1.71 bits per heavy atom. The van der Waals surface area contributed by atoms with E-state index >= 15 is 0 Å². The van der Waals surface area contributed by atoms with Crippen molar-refractivity contribution in [3.8, 4) is 0 Å². The van der Waals surface area contributed by atoms with E-state index in [0.29, 0.717) is 0 Å². The lowest BCUT2D eigenvalue weighted by molar-refractivity contribution is 0.374. The zero-order chi connectivity index (χ0) is 11.0. The van der Waals surface area contributed by atoms with Gasteiger partial charge in [-0.1, -0.05) is 47.0 Å². The maximum atomic E-state index is 5.68. The van der Waals surface area contributed by atoms with E-state index in [2.05, 4.69) is 27.7 Å². The molecule has 0 heterocycles. The summed E-state index contributed by atoms with van der Waals surface area (Å²) in [5.41, 5.74) is 5.68. The Morgan fingerprint density at radius 1 is 1.07 bits per heavy atom. The van der Waals surface area contributed by atoms with Crippen molar-refractivity contribution in [2.45, 2.75) is 59.8 Å². The molecule has 0 aliphatic rings. The van der Waals surface area contributed by atoms with E-state index in [9.17, 15) is 0 Å². The van der Waals surface area contributed by atoms with Gasteiger partial charge in [0.25, 0.3) is 0 Å². The van der Waals surface area contributed by atoms with Gasteiger partial charge in [0.1, 0.15) is 0 Å². The summed E-state index contributed by atoms with van der Waals surface area (Å²) in [5.74, 6) is 2.51. The average molecular weight is 199 g/mol. The monoisotopic (exact) mass is 199 g/mol. The van der Waals surface area contributed by atoms with Crippen molar-refractivity contribution in [3.63, 3.8) is 0 Å². The van der Waals surface area contributed by atoms with Crippen LogP contribution in [0.3, 0.4) is 0 Å². The quantitative estimate of drug-likeness (QED) is 0.632. The summed E-state index contributed by atoms with van der Waals surface area (Å²) in [4.78, 5) is 0. The first-order valence-corrected chi connectivity index (χ1v) is 6.30. The highest BCUT2D eigenvalue weighted by atomic mass is 14.5. The minimum absolute atomic E-state index is 0.765. The minimum Gasteiger partial charge on any atom is -0.330 e. The highest BCUT2D eigenvalue weighted by Gasteiger charge is 2.07. The lowest BCUT2D eigenvalue weighted by atomic mass is 9.91. The van der Waals surface area contributed by atoms with Crippen LogP contribution < -0.4 is 5.73 Å². The van der Waals surface area contributed by atoms with Crippen LogP contribution in [-0.4, -0.2) is 6.54 Å². The lowest BCUT2D eigenvalue weighted by Gasteiger charge is -2.16. The third kappa shape index (κ3) is 7.37. The summed E-state index contributed by atoms with van der Waals surface area (Å²) >= 11 is 0. The Hall–Kier alpha value is -0.0400. The summed E-state index contributed by atoms with van der Waals surface area (Å²) in [6.45, 7) is 10.1. The fraction of sp³-hybridized carbons (Fsp3) is 1.00. The second-order valence-electron chi connectivity index (χ2n) is 5.18. The average Bonchev–Trinajstić information content (AvgIpc) is 2.11. The van der Waals surface area contributed by atoms with E-state index < -0.39 is 0 Å². The molecule has 0 radical (unpaired) electrons. The highest BCUT2D eigenvalue weighted by Crippen LogP contribution is 2.19. The summed E-state index contributed by atoms with van der Waals surface area (Å²) in [6, 6.07) is 0. The maximum absolute atomic E-state index is 5.68. The number of hydrogen-bond donors (Lipinski definition) is 1. The minimum atomic E-state index is 0.765. The van der Waals surface area contributed by atoms with Crippen molar-refractivity contribution in [1.29, 1.82) is 0 Å². The molecular formula is C13H29N. The van der Waals surface area contributed by atoms with Crippen LogP contribution in [0.15, 0.2) is 0 Å². The Bertz CT molecular complexity index is 116. The first-order chi connectivity index (χ1) is 6.60. The van der Waals surface area contributed by atoms with E-state index in [1.165, 1.54) is 32.1 Å². The van der Waals surface area contributed by atoms with Crippen LogP contribution in [0.1, 0.15) is 59.8 Å². The van der Waals surface area contributed by atoms with Crippen molar-refractivity contribution < 1.29 is 0 Å². The van der Waals surface area contributed by atoms with Crippen LogP contribution in [0, 0.1) is 17.8 Å². The third-order valence-corrected chi connectivity index (χ3v) is 3.09. The molecule has 0 aliphatic carbocycles. The Balaban J connectivity index is 3.42. The summed E-state index contributed by atoms with van der Waals surface area (Å²) < 4.78 is 0. The van der Waals surface area contributed by atoms with Gasteiger partial charge in [-0.2, -0.15) is 0 Å². The van der Waals surface area contributed by atoms with Crippen LogP contribution >= 0.6 is 0 Å². The third-order valence-electron chi connectivity index (χ3n) is 3.09. The van der Waals surface area contributed by atoms with E-state index in [1.807, 2.05) is 0 Å². The van der Waals surface area contributed by atoms with Gasteiger partial charge < -0.3 is 5.73 Å². The molecule has 1 heteroatoms. The molecule has 0 saturated heterocycles. The molecule has 0 spiro atoms. The molecule has 2 atom stereocenters. The lowest BCUT2D eigenvalue weighted by Crippen LogP contribution is -2.13. The number of nitrogens with two attached hydrogens (primary N) is 1. The molecule has 0 aromatic carbocycles. The molecule has 0 aliphatic heterocycles. The predicted molar refractivity (Wildman–Crippen MR) is 65.3 cm³/mol. The maximum Gasteiger partial charge on any atom is -0.00490 e. The first-order valence-electron chi connectivity index (χ1n) is 6.30. The molecule has 86 valence electrons. The van der Waals surface area contributed by atoms with E-state index in [0.717, 1.165) is 24.3 Å². The van der Waals surface area contributed by atoms with Crippen LogP contribution in [0.4, 0.5) is 0 Å². The van der Waals surface area contributed by atoms with E-state index in [4.69, 9.17) is 5.73 Å². The molecule has 2 unspecified atom stereocenters. The van der Waals surface area contributed by atoms with Crippen molar-refractivity contribution in [2.24, 2.45) is 23.5 Å². The summed E-state index contributed by atoms with van der Waals surface area (Å²) in [7, 11) is 0. The van der Waals surface area contributed by atoms with Crippen molar-refractivity contribution >= 4 is 0 Å². The molecule has 0 amide bonds. The molecule has 0 aromatic heterocycles. The molecule has 0 fully saturated rings. The molecule has 2 N–H and O–H groups in total. The number of rotatable bonds is 8. The molecular weight excluding hydrogens is 170 g/mol. The van der Waals surface area contributed by atoms with Gasteiger partial charge in [-0.15, -0.1) is 0 Å². The van der Waals surface area contributed by atoms with Crippen LogP contribution in [-0.2, 0) is 0 Å². The van der Waals surface area contributed by atoms with Gasteiger partial charge in [0.2, 0.25) is 0 Å². The normalized spacial score (nSPS) is 15.9. The van der Waals surface area contributed by atoms with Crippen molar-refractivity contribution in [3.05, 3.63) is 0 Å². The molecule has 1 nitrogen and oxygen atoms in total. The topological polar surface area (TPSA) is 26.0 Å². The zero-order valence-corrected chi connectivity index (χ0v) is 10.6. The van der Waals surface area contributed by atoms with E-state index in [1.54, 1.807) is 0 Å². The molecule has 0 aromatic rings. The van der Waals surface area contributed by atoms with Gasteiger partial charge in [-0.05, 0) is 37.1 Å². The molecule has 0 rings (SSSR count). The second-order valence-corrected chi connectivity index (χ2v) is 5.18. The highest BCUT2D eigenvalue weighted by molar-refractivity contribution is 4.61. The fourth-order valence-electron chi connectivity index (χ4n) is 2.17. The van der Waals surface area contributed by atoms with Crippen molar-refractivity contribution in [2.75, 3.05) is 6.54 Å². The predicted octanol–water partition coefficient (Wildman–Crippen LogP) is 3.82. The molecule has 0 saturated carbocycles. The van der Waals surface area contributed by atoms with Gasteiger partial charge in [-0.25, -0.2) is 0 Å². The van der Waals surface area contributed by atoms with Gasteiger partial charge in [0, 0.05) is 0 Å². The van der Waals surface area contributed by atoms with Crippen molar-refractivity contribution in [1.82, 2.24) is 0 Å². The second kappa shape index (κ2) is 8.28. The van der Waals surface area contributed by atoms with Crippen LogP contribution in [0.2, 0.25) is 0 Å².